The Balaban J connectivity index is 2.02. The lowest BCUT2D eigenvalue weighted by Crippen LogP contribution is -2.40. The molecule has 4 nitrogen and oxygen atoms in total. The zero-order valence-electron chi connectivity index (χ0n) is 13.0. The van der Waals surface area contributed by atoms with Crippen LogP contribution in [0.25, 0.3) is 0 Å². The van der Waals surface area contributed by atoms with Gasteiger partial charge < -0.3 is 5.73 Å². The molecule has 0 unspecified atom stereocenters. The minimum absolute atomic E-state index is 0.0766. The number of piperidine rings is 1. The maximum absolute atomic E-state index is 12.5. The van der Waals surface area contributed by atoms with Gasteiger partial charge in [-0.2, -0.15) is 0 Å². The Morgan fingerprint density at radius 2 is 1.86 bits per heavy atom. The average Bonchev–Trinajstić information content (AvgIpc) is 2.47. The van der Waals surface area contributed by atoms with Crippen LogP contribution in [0.15, 0.2) is 24.3 Å². The molecule has 0 aromatic heterocycles. The van der Waals surface area contributed by atoms with E-state index in [1.807, 2.05) is 24.3 Å². The lowest BCUT2D eigenvalue weighted by atomic mass is 9.87. The minimum atomic E-state index is -3.22. The van der Waals surface area contributed by atoms with Crippen LogP contribution < -0.4 is 5.73 Å². The lowest BCUT2D eigenvalue weighted by molar-refractivity contribution is 0.226. The van der Waals surface area contributed by atoms with Gasteiger partial charge in [0.2, 0.25) is 10.0 Å². The van der Waals surface area contributed by atoms with Crippen LogP contribution in [0.2, 0.25) is 0 Å². The van der Waals surface area contributed by atoms with E-state index in [1.54, 1.807) is 4.31 Å². The summed E-state index contributed by atoms with van der Waals surface area (Å²) in [7, 11) is -3.22. The summed E-state index contributed by atoms with van der Waals surface area (Å²) in [6.07, 6.45) is 1.94. The summed E-state index contributed by atoms with van der Waals surface area (Å²) >= 11 is 0. The van der Waals surface area contributed by atoms with E-state index in [0.29, 0.717) is 31.5 Å². The summed E-state index contributed by atoms with van der Waals surface area (Å²) in [6, 6.07) is 7.54. The van der Waals surface area contributed by atoms with E-state index in [4.69, 9.17) is 5.73 Å². The van der Waals surface area contributed by atoms with E-state index in [1.165, 1.54) is 0 Å². The predicted molar refractivity (Wildman–Crippen MR) is 86.1 cm³/mol. The Bertz CT molecular complexity index is 561. The van der Waals surface area contributed by atoms with Crippen LogP contribution in [0.5, 0.6) is 0 Å². The van der Waals surface area contributed by atoms with E-state index in [-0.39, 0.29) is 5.75 Å². The first kappa shape index (κ1) is 16.5. The molecule has 21 heavy (non-hydrogen) atoms. The molecule has 0 bridgehead atoms. The summed E-state index contributed by atoms with van der Waals surface area (Å²) in [4.78, 5) is 0. The third-order valence-corrected chi connectivity index (χ3v) is 6.26. The maximum Gasteiger partial charge on any atom is 0.218 e. The molecule has 0 aliphatic carbocycles. The number of nitrogens with zero attached hydrogens (tertiary/aromatic N) is 1. The van der Waals surface area contributed by atoms with Crippen molar-refractivity contribution in [3.05, 3.63) is 35.4 Å². The Kier molecular flexibility index (Phi) is 5.41. The van der Waals surface area contributed by atoms with Gasteiger partial charge in [0.25, 0.3) is 0 Å². The maximum atomic E-state index is 12.5. The molecular formula is C16H26N2O2S. The highest BCUT2D eigenvalue weighted by molar-refractivity contribution is 7.88. The monoisotopic (exact) mass is 310 g/mol. The molecule has 0 amide bonds. The van der Waals surface area contributed by atoms with Crippen molar-refractivity contribution in [1.82, 2.24) is 4.31 Å². The molecule has 2 rings (SSSR count). The largest absolute Gasteiger partial charge is 0.326 e. The van der Waals surface area contributed by atoms with Crippen molar-refractivity contribution in [3.8, 4) is 0 Å². The third-order valence-electron chi connectivity index (χ3n) is 4.41. The molecule has 1 heterocycles. The number of rotatable bonds is 5. The first-order valence-corrected chi connectivity index (χ1v) is 9.29. The molecule has 5 heteroatoms. The molecule has 0 saturated carbocycles. The molecular weight excluding hydrogens is 284 g/mol. The lowest BCUT2D eigenvalue weighted by Gasteiger charge is -2.33. The number of hydrogen-bond donors (Lipinski definition) is 1. The van der Waals surface area contributed by atoms with Gasteiger partial charge in [-0.3, -0.25) is 0 Å². The predicted octanol–water partition coefficient (Wildman–Crippen LogP) is 2.34. The first-order valence-electron chi connectivity index (χ1n) is 7.68. The second-order valence-corrected chi connectivity index (χ2v) is 8.23. The molecule has 1 aliphatic heterocycles. The van der Waals surface area contributed by atoms with Gasteiger partial charge in [0, 0.05) is 19.6 Å². The van der Waals surface area contributed by atoms with E-state index in [2.05, 4.69) is 13.8 Å². The summed E-state index contributed by atoms with van der Waals surface area (Å²) in [5.41, 5.74) is 7.41. The van der Waals surface area contributed by atoms with Crippen LogP contribution in [0.1, 0.15) is 37.8 Å². The summed E-state index contributed by atoms with van der Waals surface area (Å²) < 4.78 is 26.7. The van der Waals surface area contributed by atoms with Crippen LogP contribution in [0.4, 0.5) is 0 Å². The standard InChI is InChI=1S/C16H26N2O2S/c1-13(2)16-6-8-18(9-7-16)21(19,20)12-15-5-3-4-14(10-15)11-17/h3-5,10,13,16H,6-9,11-12,17H2,1-2H3. The van der Waals surface area contributed by atoms with E-state index < -0.39 is 10.0 Å². The topological polar surface area (TPSA) is 63.4 Å². The van der Waals surface area contributed by atoms with Crippen LogP contribution in [0, 0.1) is 11.8 Å². The SMILES string of the molecule is CC(C)C1CCN(S(=O)(=O)Cc2cccc(CN)c2)CC1. The fourth-order valence-electron chi connectivity index (χ4n) is 2.97. The zero-order valence-corrected chi connectivity index (χ0v) is 13.8. The first-order chi connectivity index (χ1) is 9.92. The van der Waals surface area contributed by atoms with Crippen molar-refractivity contribution in [3.63, 3.8) is 0 Å². The molecule has 118 valence electrons. The quantitative estimate of drug-likeness (QED) is 0.908. The van der Waals surface area contributed by atoms with Crippen molar-refractivity contribution in [2.75, 3.05) is 13.1 Å². The molecule has 1 aromatic carbocycles. The number of hydrogen-bond acceptors (Lipinski definition) is 3. The zero-order chi connectivity index (χ0) is 15.5. The third kappa shape index (κ3) is 4.28. The Morgan fingerprint density at radius 1 is 1.24 bits per heavy atom. The van der Waals surface area contributed by atoms with Crippen LogP contribution in [0.3, 0.4) is 0 Å². The van der Waals surface area contributed by atoms with Gasteiger partial charge in [-0.05, 0) is 35.8 Å². The summed E-state index contributed by atoms with van der Waals surface area (Å²) in [5.74, 6) is 1.36. The van der Waals surface area contributed by atoms with Crippen molar-refractivity contribution >= 4 is 10.0 Å². The molecule has 2 N–H and O–H groups in total. The molecule has 1 fully saturated rings. The number of nitrogens with two attached hydrogens (primary N) is 1. The van der Waals surface area contributed by atoms with E-state index in [9.17, 15) is 8.42 Å². The van der Waals surface area contributed by atoms with Gasteiger partial charge in [-0.25, -0.2) is 12.7 Å². The minimum Gasteiger partial charge on any atom is -0.326 e. The van der Waals surface area contributed by atoms with Gasteiger partial charge in [0.1, 0.15) is 0 Å². The van der Waals surface area contributed by atoms with Gasteiger partial charge >= 0.3 is 0 Å². The van der Waals surface area contributed by atoms with Crippen LogP contribution >= 0.6 is 0 Å². The average molecular weight is 310 g/mol. The Morgan fingerprint density at radius 3 is 2.43 bits per heavy atom. The highest BCUT2D eigenvalue weighted by Crippen LogP contribution is 2.26. The normalized spacial score (nSPS) is 18.3. The van der Waals surface area contributed by atoms with Crippen molar-refractivity contribution < 1.29 is 8.42 Å². The summed E-state index contributed by atoms with van der Waals surface area (Å²) in [6.45, 7) is 6.18. The number of sulfonamides is 1. The highest BCUT2D eigenvalue weighted by Gasteiger charge is 2.29. The molecule has 1 aliphatic rings. The van der Waals surface area contributed by atoms with Crippen LogP contribution in [-0.4, -0.2) is 25.8 Å². The van der Waals surface area contributed by atoms with Crippen LogP contribution in [-0.2, 0) is 22.3 Å². The second kappa shape index (κ2) is 6.90. The molecule has 0 atom stereocenters. The molecule has 0 radical (unpaired) electrons. The highest BCUT2D eigenvalue weighted by atomic mass is 32.2. The fourth-order valence-corrected chi connectivity index (χ4v) is 4.52. The Hall–Kier alpha value is -0.910. The molecule has 0 spiro atoms. The molecule has 1 aromatic rings. The second-order valence-electron chi connectivity index (χ2n) is 6.26. The van der Waals surface area contributed by atoms with E-state index in [0.717, 1.165) is 24.0 Å². The van der Waals surface area contributed by atoms with Crippen molar-refractivity contribution in [1.29, 1.82) is 0 Å². The van der Waals surface area contributed by atoms with E-state index >= 15 is 0 Å². The van der Waals surface area contributed by atoms with Crippen molar-refractivity contribution in [2.45, 2.75) is 39.0 Å². The smallest absolute Gasteiger partial charge is 0.218 e. The molecule has 1 saturated heterocycles. The Labute approximate surface area is 128 Å². The van der Waals surface area contributed by atoms with Gasteiger partial charge in [-0.1, -0.05) is 38.1 Å². The van der Waals surface area contributed by atoms with Gasteiger partial charge in [0.15, 0.2) is 0 Å². The number of benzene rings is 1. The summed E-state index contributed by atoms with van der Waals surface area (Å²) in [5, 5.41) is 0. The van der Waals surface area contributed by atoms with Gasteiger partial charge in [0.05, 0.1) is 5.75 Å². The van der Waals surface area contributed by atoms with Crippen molar-refractivity contribution in [2.24, 2.45) is 17.6 Å². The van der Waals surface area contributed by atoms with Gasteiger partial charge in [-0.15, -0.1) is 0 Å². The fraction of sp³-hybridized carbons (Fsp3) is 0.625.